The molecular formula is C19H27N3O. The first-order valence-corrected chi connectivity index (χ1v) is 8.69. The smallest absolute Gasteiger partial charge is 0.0699 e. The fraction of sp³-hybridized carbons (Fsp3) is 0.526. The van der Waals surface area contributed by atoms with E-state index in [1.807, 2.05) is 22.9 Å². The van der Waals surface area contributed by atoms with Crippen LogP contribution in [-0.2, 0) is 6.54 Å². The molecule has 0 amide bonds. The maximum Gasteiger partial charge on any atom is 0.0699 e. The van der Waals surface area contributed by atoms with Gasteiger partial charge in [-0.1, -0.05) is 32.0 Å². The Morgan fingerprint density at radius 3 is 2.52 bits per heavy atom. The van der Waals surface area contributed by atoms with Crippen molar-refractivity contribution in [2.45, 2.75) is 64.1 Å². The number of para-hydroxylation sites is 1. The summed E-state index contributed by atoms with van der Waals surface area (Å²) in [6.07, 6.45) is 6.00. The van der Waals surface area contributed by atoms with E-state index in [1.54, 1.807) is 0 Å². The van der Waals surface area contributed by atoms with Crippen molar-refractivity contribution < 1.29 is 5.11 Å². The average molecular weight is 313 g/mol. The van der Waals surface area contributed by atoms with Crippen molar-refractivity contribution in [3.05, 3.63) is 47.8 Å². The van der Waals surface area contributed by atoms with Crippen LogP contribution in [0.15, 0.2) is 36.5 Å². The Hall–Kier alpha value is -1.65. The summed E-state index contributed by atoms with van der Waals surface area (Å²) in [6.45, 7) is 5.23. The Morgan fingerprint density at radius 1 is 1.17 bits per heavy atom. The standard InChI is InChI=1S/C19H27N3O/c1-14(2)19-15(12-20-16-8-10-18(23)11-9-16)13-22(21-19)17-6-4-3-5-7-17/h3-7,13-14,16,18,20,23H,8-12H2,1-2H3. The van der Waals surface area contributed by atoms with Gasteiger partial charge in [-0.25, -0.2) is 4.68 Å². The quantitative estimate of drug-likeness (QED) is 0.889. The topological polar surface area (TPSA) is 50.1 Å². The Morgan fingerprint density at radius 2 is 1.87 bits per heavy atom. The number of aromatic nitrogens is 2. The van der Waals surface area contributed by atoms with E-state index in [-0.39, 0.29) is 6.10 Å². The summed E-state index contributed by atoms with van der Waals surface area (Å²) in [4.78, 5) is 0. The van der Waals surface area contributed by atoms with E-state index in [4.69, 9.17) is 5.10 Å². The van der Waals surface area contributed by atoms with Crippen LogP contribution in [0.4, 0.5) is 0 Å². The molecule has 4 nitrogen and oxygen atoms in total. The Kier molecular flexibility index (Phi) is 5.13. The van der Waals surface area contributed by atoms with Crippen LogP contribution < -0.4 is 5.32 Å². The molecule has 23 heavy (non-hydrogen) atoms. The molecule has 0 spiro atoms. The first-order valence-electron chi connectivity index (χ1n) is 8.69. The summed E-state index contributed by atoms with van der Waals surface area (Å²) >= 11 is 0. The van der Waals surface area contributed by atoms with Crippen LogP contribution in [0.25, 0.3) is 5.69 Å². The highest BCUT2D eigenvalue weighted by Crippen LogP contribution is 2.22. The summed E-state index contributed by atoms with van der Waals surface area (Å²) in [6, 6.07) is 10.8. The summed E-state index contributed by atoms with van der Waals surface area (Å²) in [5.74, 6) is 0.407. The fourth-order valence-electron chi connectivity index (χ4n) is 3.29. The van der Waals surface area contributed by atoms with Gasteiger partial charge in [0.1, 0.15) is 0 Å². The number of aliphatic hydroxyl groups excluding tert-OH is 1. The van der Waals surface area contributed by atoms with Gasteiger partial charge in [-0.3, -0.25) is 0 Å². The normalized spacial score (nSPS) is 21.7. The van der Waals surface area contributed by atoms with Gasteiger partial charge < -0.3 is 10.4 Å². The molecule has 1 fully saturated rings. The van der Waals surface area contributed by atoms with Gasteiger partial charge in [-0.2, -0.15) is 5.10 Å². The zero-order chi connectivity index (χ0) is 16.2. The van der Waals surface area contributed by atoms with E-state index >= 15 is 0 Å². The maximum absolute atomic E-state index is 9.62. The van der Waals surface area contributed by atoms with Gasteiger partial charge in [-0.15, -0.1) is 0 Å². The number of hydrogen-bond acceptors (Lipinski definition) is 3. The summed E-state index contributed by atoms with van der Waals surface area (Å²) < 4.78 is 1.98. The van der Waals surface area contributed by atoms with Gasteiger partial charge >= 0.3 is 0 Å². The molecule has 1 aliphatic carbocycles. The van der Waals surface area contributed by atoms with E-state index in [9.17, 15) is 5.11 Å². The Balaban J connectivity index is 1.72. The van der Waals surface area contributed by atoms with Crippen LogP contribution in [0.2, 0.25) is 0 Å². The Labute approximate surface area is 138 Å². The second-order valence-corrected chi connectivity index (χ2v) is 6.86. The van der Waals surface area contributed by atoms with E-state index in [0.29, 0.717) is 12.0 Å². The average Bonchev–Trinajstić information content (AvgIpc) is 3.00. The monoisotopic (exact) mass is 313 g/mol. The predicted octanol–water partition coefficient (Wildman–Crippen LogP) is 3.39. The number of rotatable bonds is 5. The highest BCUT2D eigenvalue weighted by Gasteiger charge is 2.20. The lowest BCUT2D eigenvalue weighted by molar-refractivity contribution is 0.116. The van der Waals surface area contributed by atoms with Gasteiger partial charge in [-0.05, 0) is 43.7 Å². The van der Waals surface area contributed by atoms with Crippen LogP contribution in [0.1, 0.15) is 56.7 Å². The van der Waals surface area contributed by atoms with Gasteiger partial charge in [0.15, 0.2) is 0 Å². The van der Waals surface area contributed by atoms with Crippen LogP contribution >= 0.6 is 0 Å². The number of aliphatic hydroxyl groups is 1. The minimum atomic E-state index is -0.0971. The number of benzene rings is 1. The lowest BCUT2D eigenvalue weighted by Gasteiger charge is -2.26. The molecule has 0 atom stereocenters. The summed E-state index contributed by atoms with van der Waals surface area (Å²) in [5.41, 5.74) is 3.54. The third-order valence-corrected chi connectivity index (χ3v) is 4.67. The third kappa shape index (κ3) is 4.01. The molecular weight excluding hydrogens is 286 g/mol. The van der Waals surface area contributed by atoms with Crippen molar-refractivity contribution >= 4 is 0 Å². The van der Waals surface area contributed by atoms with Crippen molar-refractivity contribution in [1.29, 1.82) is 0 Å². The molecule has 1 aromatic carbocycles. The molecule has 0 bridgehead atoms. The van der Waals surface area contributed by atoms with Gasteiger partial charge in [0.25, 0.3) is 0 Å². The van der Waals surface area contributed by atoms with E-state index in [1.165, 1.54) is 5.56 Å². The zero-order valence-corrected chi connectivity index (χ0v) is 14.1. The molecule has 1 aromatic heterocycles. The highest BCUT2D eigenvalue weighted by molar-refractivity contribution is 5.33. The van der Waals surface area contributed by atoms with E-state index < -0.39 is 0 Å². The maximum atomic E-state index is 9.62. The Bertz CT molecular complexity index is 613. The highest BCUT2D eigenvalue weighted by atomic mass is 16.3. The van der Waals surface area contributed by atoms with Crippen molar-refractivity contribution in [2.24, 2.45) is 0 Å². The van der Waals surface area contributed by atoms with Crippen molar-refractivity contribution in [2.75, 3.05) is 0 Å². The predicted molar refractivity (Wildman–Crippen MR) is 92.8 cm³/mol. The lowest BCUT2D eigenvalue weighted by Crippen LogP contribution is -2.34. The fourth-order valence-corrected chi connectivity index (χ4v) is 3.29. The van der Waals surface area contributed by atoms with E-state index in [2.05, 4.69) is 37.5 Å². The minimum Gasteiger partial charge on any atom is -0.393 e. The second-order valence-electron chi connectivity index (χ2n) is 6.86. The molecule has 2 aromatic rings. The molecule has 1 heterocycles. The molecule has 4 heteroatoms. The van der Waals surface area contributed by atoms with Crippen LogP contribution in [-0.4, -0.2) is 27.0 Å². The van der Waals surface area contributed by atoms with Crippen molar-refractivity contribution in [3.8, 4) is 5.69 Å². The first kappa shape index (κ1) is 16.2. The van der Waals surface area contributed by atoms with Crippen LogP contribution in [0.5, 0.6) is 0 Å². The molecule has 0 saturated heterocycles. The van der Waals surface area contributed by atoms with Crippen LogP contribution in [0.3, 0.4) is 0 Å². The zero-order valence-electron chi connectivity index (χ0n) is 14.1. The first-order chi connectivity index (χ1) is 11.1. The molecule has 0 aliphatic heterocycles. The van der Waals surface area contributed by atoms with Gasteiger partial charge in [0.05, 0.1) is 17.5 Å². The number of nitrogens with zero attached hydrogens (tertiary/aromatic N) is 2. The molecule has 2 N–H and O–H groups in total. The van der Waals surface area contributed by atoms with Crippen molar-refractivity contribution in [1.82, 2.24) is 15.1 Å². The molecule has 0 radical (unpaired) electrons. The summed E-state index contributed by atoms with van der Waals surface area (Å²) in [5, 5.41) is 18.1. The molecule has 124 valence electrons. The minimum absolute atomic E-state index is 0.0971. The SMILES string of the molecule is CC(C)c1nn(-c2ccccc2)cc1CNC1CCC(O)CC1. The van der Waals surface area contributed by atoms with E-state index in [0.717, 1.165) is 43.6 Å². The molecule has 1 aliphatic rings. The molecule has 1 saturated carbocycles. The molecule has 3 rings (SSSR count). The summed E-state index contributed by atoms with van der Waals surface area (Å²) in [7, 11) is 0. The third-order valence-electron chi connectivity index (χ3n) is 4.67. The number of nitrogens with one attached hydrogen (secondary N) is 1. The van der Waals surface area contributed by atoms with Crippen molar-refractivity contribution in [3.63, 3.8) is 0 Å². The number of hydrogen-bond donors (Lipinski definition) is 2. The van der Waals surface area contributed by atoms with Gasteiger partial charge in [0.2, 0.25) is 0 Å². The lowest BCUT2D eigenvalue weighted by atomic mass is 9.93. The van der Waals surface area contributed by atoms with Crippen LogP contribution in [0, 0.1) is 0 Å². The second kappa shape index (κ2) is 7.28. The molecule has 0 unspecified atom stereocenters. The van der Waals surface area contributed by atoms with Gasteiger partial charge in [0, 0.05) is 24.3 Å². The largest absolute Gasteiger partial charge is 0.393 e.